The molecule has 1 rings (SSSR count). The SMILES string of the molecule is OC1(CC(Br)CBr)CCNCC1. The van der Waals surface area contributed by atoms with E-state index in [9.17, 15) is 5.11 Å². The third-order valence-electron chi connectivity index (χ3n) is 2.30. The van der Waals surface area contributed by atoms with Crippen LogP contribution in [0, 0.1) is 0 Å². The number of nitrogens with one attached hydrogen (secondary N) is 1. The zero-order valence-corrected chi connectivity index (χ0v) is 10.2. The van der Waals surface area contributed by atoms with Crippen LogP contribution in [-0.2, 0) is 0 Å². The van der Waals surface area contributed by atoms with Crippen molar-refractivity contribution < 1.29 is 5.11 Å². The van der Waals surface area contributed by atoms with E-state index in [0.717, 1.165) is 37.7 Å². The number of hydrogen-bond acceptors (Lipinski definition) is 2. The van der Waals surface area contributed by atoms with Crippen LogP contribution in [0.2, 0.25) is 0 Å². The lowest BCUT2D eigenvalue weighted by Crippen LogP contribution is -2.43. The standard InChI is InChI=1S/C8H15Br2NO/c9-6-7(10)5-8(12)1-3-11-4-2-8/h7,11-12H,1-6H2. The molecule has 72 valence electrons. The van der Waals surface area contributed by atoms with Gasteiger partial charge in [-0.05, 0) is 32.4 Å². The second-order valence-corrected chi connectivity index (χ2v) is 5.37. The first-order valence-corrected chi connectivity index (χ1v) is 6.33. The number of alkyl halides is 2. The second-order valence-electron chi connectivity index (χ2n) is 3.43. The fourth-order valence-corrected chi connectivity index (χ4v) is 2.39. The zero-order chi connectivity index (χ0) is 9.03. The van der Waals surface area contributed by atoms with E-state index in [0.29, 0.717) is 4.83 Å². The first kappa shape index (κ1) is 11.0. The Bertz CT molecular complexity index is 137. The average Bonchev–Trinajstić information content (AvgIpc) is 2.05. The van der Waals surface area contributed by atoms with Crippen LogP contribution < -0.4 is 5.32 Å². The average molecular weight is 301 g/mol. The van der Waals surface area contributed by atoms with Gasteiger partial charge in [-0.15, -0.1) is 0 Å². The maximum Gasteiger partial charge on any atom is 0.0682 e. The van der Waals surface area contributed by atoms with Crippen LogP contribution in [-0.4, -0.2) is 34.0 Å². The molecule has 1 aliphatic rings. The molecule has 0 radical (unpaired) electrons. The molecule has 4 heteroatoms. The van der Waals surface area contributed by atoms with Crippen LogP contribution in [0.15, 0.2) is 0 Å². The van der Waals surface area contributed by atoms with Crippen LogP contribution in [0.5, 0.6) is 0 Å². The number of aliphatic hydroxyl groups is 1. The summed E-state index contributed by atoms with van der Waals surface area (Å²) in [4.78, 5) is 0.389. The van der Waals surface area contributed by atoms with Crippen molar-refractivity contribution in [3.05, 3.63) is 0 Å². The summed E-state index contributed by atoms with van der Waals surface area (Å²) in [5.41, 5.74) is -0.437. The van der Waals surface area contributed by atoms with Crippen LogP contribution in [0.25, 0.3) is 0 Å². The van der Waals surface area contributed by atoms with Gasteiger partial charge < -0.3 is 10.4 Å². The minimum absolute atomic E-state index is 0.389. The topological polar surface area (TPSA) is 32.3 Å². The van der Waals surface area contributed by atoms with E-state index in [4.69, 9.17) is 0 Å². The fourth-order valence-electron chi connectivity index (χ4n) is 1.56. The molecule has 12 heavy (non-hydrogen) atoms. The van der Waals surface area contributed by atoms with Crippen molar-refractivity contribution in [1.82, 2.24) is 5.32 Å². The molecule has 1 saturated heterocycles. The van der Waals surface area contributed by atoms with Crippen molar-refractivity contribution in [1.29, 1.82) is 0 Å². The Kier molecular flexibility index (Phi) is 4.51. The fraction of sp³-hybridized carbons (Fsp3) is 1.00. The Labute approximate surface area is 90.4 Å². The normalized spacial score (nSPS) is 25.2. The second kappa shape index (κ2) is 4.94. The van der Waals surface area contributed by atoms with Gasteiger partial charge in [0.1, 0.15) is 0 Å². The highest BCUT2D eigenvalue weighted by Crippen LogP contribution is 2.27. The van der Waals surface area contributed by atoms with Crippen molar-refractivity contribution in [2.24, 2.45) is 0 Å². The molecule has 0 aromatic carbocycles. The summed E-state index contributed by atoms with van der Waals surface area (Å²) in [7, 11) is 0. The van der Waals surface area contributed by atoms with Crippen molar-refractivity contribution in [3.8, 4) is 0 Å². The molecular formula is C8H15Br2NO. The van der Waals surface area contributed by atoms with E-state index in [-0.39, 0.29) is 0 Å². The van der Waals surface area contributed by atoms with E-state index in [1.807, 2.05) is 0 Å². The highest BCUT2D eigenvalue weighted by Gasteiger charge is 2.30. The van der Waals surface area contributed by atoms with Gasteiger partial charge in [0.05, 0.1) is 5.60 Å². The van der Waals surface area contributed by atoms with E-state index in [1.165, 1.54) is 0 Å². The summed E-state index contributed by atoms with van der Waals surface area (Å²) in [5, 5.41) is 14.2. The summed E-state index contributed by atoms with van der Waals surface area (Å²) < 4.78 is 0. The minimum Gasteiger partial charge on any atom is -0.390 e. The van der Waals surface area contributed by atoms with E-state index >= 15 is 0 Å². The van der Waals surface area contributed by atoms with Gasteiger partial charge in [0.25, 0.3) is 0 Å². The van der Waals surface area contributed by atoms with Crippen molar-refractivity contribution in [2.45, 2.75) is 29.7 Å². The van der Waals surface area contributed by atoms with Crippen LogP contribution >= 0.6 is 31.9 Å². The molecular weight excluding hydrogens is 286 g/mol. The molecule has 2 N–H and O–H groups in total. The minimum atomic E-state index is -0.437. The van der Waals surface area contributed by atoms with Gasteiger partial charge in [0.2, 0.25) is 0 Å². The van der Waals surface area contributed by atoms with Crippen molar-refractivity contribution >= 4 is 31.9 Å². The number of piperidine rings is 1. The van der Waals surface area contributed by atoms with E-state index in [1.54, 1.807) is 0 Å². The molecule has 0 bridgehead atoms. The van der Waals surface area contributed by atoms with Gasteiger partial charge in [0.15, 0.2) is 0 Å². The van der Waals surface area contributed by atoms with Gasteiger partial charge >= 0.3 is 0 Å². The van der Waals surface area contributed by atoms with Gasteiger partial charge in [-0.3, -0.25) is 0 Å². The molecule has 2 nitrogen and oxygen atoms in total. The zero-order valence-electron chi connectivity index (χ0n) is 7.02. The third kappa shape index (κ3) is 3.32. The first-order chi connectivity index (χ1) is 5.66. The largest absolute Gasteiger partial charge is 0.390 e. The molecule has 0 saturated carbocycles. The van der Waals surface area contributed by atoms with Crippen molar-refractivity contribution in [3.63, 3.8) is 0 Å². The first-order valence-electron chi connectivity index (χ1n) is 4.29. The van der Waals surface area contributed by atoms with E-state index in [2.05, 4.69) is 37.2 Å². The van der Waals surface area contributed by atoms with Crippen LogP contribution in [0.4, 0.5) is 0 Å². The summed E-state index contributed by atoms with van der Waals surface area (Å²) in [6.07, 6.45) is 2.60. The molecule has 0 aromatic heterocycles. The predicted molar refractivity (Wildman–Crippen MR) is 58.2 cm³/mol. The van der Waals surface area contributed by atoms with Crippen molar-refractivity contribution in [2.75, 3.05) is 18.4 Å². The molecule has 1 atom stereocenters. The Morgan fingerprint density at radius 2 is 2.00 bits per heavy atom. The lowest BCUT2D eigenvalue weighted by atomic mass is 9.88. The molecule has 0 spiro atoms. The molecule has 1 unspecified atom stereocenters. The highest BCUT2D eigenvalue weighted by atomic mass is 79.9. The van der Waals surface area contributed by atoms with E-state index < -0.39 is 5.60 Å². The number of hydrogen-bond donors (Lipinski definition) is 2. The summed E-state index contributed by atoms with van der Waals surface area (Å²) in [6.45, 7) is 1.89. The lowest BCUT2D eigenvalue weighted by molar-refractivity contribution is 0.00394. The summed E-state index contributed by atoms with van der Waals surface area (Å²) in [5.74, 6) is 0. The number of halogens is 2. The smallest absolute Gasteiger partial charge is 0.0682 e. The maximum atomic E-state index is 10.1. The van der Waals surface area contributed by atoms with Gasteiger partial charge in [0, 0.05) is 10.2 Å². The summed E-state index contributed by atoms with van der Waals surface area (Å²) >= 11 is 6.91. The van der Waals surface area contributed by atoms with Gasteiger partial charge in [-0.1, -0.05) is 31.9 Å². The predicted octanol–water partition coefficient (Wildman–Crippen LogP) is 1.65. The molecule has 0 aromatic rings. The Morgan fingerprint density at radius 3 is 2.50 bits per heavy atom. The van der Waals surface area contributed by atoms with Crippen LogP contribution in [0.3, 0.4) is 0 Å². The maximum absolute atomic E-state index is 10.1. The Morgan fingerprint density at radius 1 is 1.42 bits per heavy atom. The number of rotatable bonds is 3. The van der Waals surface area contributed by atoms with Crippen LogP contribution in [0.1, 0.15) is 19.3 Å². The summed E-state index contributed by atoms with van der Waals surface area (Å²) in [6, 6.07) is 0. The monoisotopic (exact) mass is 299 g/mol. The highest BCUT2D eigenvalue weighted by molar-refractivity contribution is 9.12. The van der Waals surface area contributed by atoms with Gasteiger partial charge in [-0.2, -0.15) is 0 Å². The Hall–Kier alpha value is 0.880. The molecule has 0 aliphatic carbocycles. The van der Waals surface area contributed by atoms with Gasteiger partial charge in [-0.25, -0.2) is 0 Å². The lowest BCUT2D eigenvalue weighted by Gasteiger charge is -2.33. The Balaban J connectivity index is 2.35. The molecule has 1 aliphatic heterocycles. The molecule has 1 fully saturated rings. The molecule has 1 heterocycles. The quantitative estimate of drug-likeness (QED) is 0.777. The molecule has 0 amide bonds. The third-order valence-corrected chi connectivity index (χ3v) is 4.60.